The molecule has 0 spiro atoms. The minimum Gasteiger partial charge on any atom is -0.350 e. The summed E-state index contributed by atoms with van der Waals surface area (Å²) in [5.74, 6) is -0.0331. The number of carbonyl (C=O) groups is 1. The van der Waals surface area contributed by atoms with Crippen LogP contribution in [0.2, 0.25) is 0 Å². The maximum atomic E-state index is 12.2. The molecular formula is C18H29N3O3S. The van der Waals surface area contributed by atoms with E-state index in [9.17, 15) is 13.2 Å². The molecule has 2 rings (SSSR count). The molecule has 1 saturated heterocycles. The van der Waals surface area contributed by atoms with Crippen molar-refractivity contribution in [3.8, 4) is 0 Å². The fourth-order valence-corrected chi connectivity index (χ4v) is 3.88. The summed E-state index contributed by atoms with van der Waals surface area (Å²) in [5.41, 5.74) is 1.81. The molecule has 7 heteroatoms. The standard InChI is InChI=1S/C18H29N3O3S/c1-4-5-15(2)19-18(22)17-8-6-16(7-9-17)14-20-10-12-21(13-11-20)25(3,23)24/h6-9,15H,4-5,10-14H2,1-3H3,(H,19,22). The molecule has 0 saturated carbocycles. The molecule has 1 aromatic carbocycles. The van der Waals surface area contributed by atoms with E-state index in [1.807, 2.05) is 31.2 Å². The van der Waals surface area contributed by atoms with Gasteiger partial charge < -0.3 is 5.32 Å². The summed E-state index contributed by atoms with van der Waals surface area (Å²) in [6, 6.07) is 7.85. The highest BCUT2D eigenvalue weighted by molar-refractivity contribution is 7.88. The van der Waals surface area contributed by atoms with Gasteiger partial charge in [0, 0.05) is 44.3 Å². The Hall–Kier alpha value is -1.44. The van der Waals surface area contributed by atoms with Crippen LogP contribution in [0.5, 0.6) is 0 Å². The largest absolute Gasteiger partial charge is 0.350 e. The molecule has 1 aliphatic rings. The lowest BCUT2D eigenvalue weighted by atomic mass is 10.1. The van der Waals surface area contributed by atoms with Crippen molar-refractivity contribution in [1.82, 2.24) is 14.5 Å². The van der Waals surface area contributed by atoms with Gasteiger partial charge in [-0.15, -0.1) is 0 Å². The van der Waals surface area contributed by atoms with Crippen LogP contribution in [0.15, 0.2) is 24.3 Å². The van der Waals surface area contributed by atoms with Crippen molar-refractivity contribution in [3.05, 3.63) is 35.4 Å². The molecule has 0 aromatic heterocycles. The number of hydrogen-bond acceptors (Lipinski definition) is 4. The quantitative estimate of drug-likeness (QED) is 0.796. The van der Waals surface area contributed by atoms with Crippen molar-refractivity contribution >= 4 is 15.9 Å². The minimum atomic E-state index is -3.09. The second kappa shape index (κ2) is 8.78. The van der Waals surface area contributed by atoms with E-state index in [0.717, 1.165) is 38.0 Å². The lowest BCUT2D eigenvalue weighted by molar-refractivity contribution is 0.0938. The number of piperazine rings is 1. The molecule has 1 heterocycles. The van der Waals surface area contributed by atoms with Gasteiger partial charge in [-0.2, -0.15) is 4.31 Å². The van der Waals surface area contributed by atoms with Crippen LogP contribution in [-0.2, 0) is 16.6 Å². The van der Waals surface area contributed by atoms with Crippen LogP contribution in [0.25, 0.3) is 0 Å². The maximum Gasteiger partial charge on any atom is 0.251 e. The van der Waals surface area contributed by atoms with E-state index in [-0.39, 0.29) is 11.9 Å². The highest BCUT2D eigenvalue weighted by Gasteiger charge is 2.23. The number of benzene rings is 1. The topological polar surface area (TPSA) is 69.7 Å². The third kappa shape index (κ3) is 6.09. The first-order valence-corrected chi connectivity index (χ1v) is 10.7. The van der Waals surface area contributed by atoms with Crippen LogP contribution in [0.3, 0.4) is 0 Å². The predicted octanol–water partition coefficient (Wildman–Crippen LogP) is 1.68. The molecule has 1 aliphatic heterocycles. The summed E-state index contributed by atoms with van der Waals surface area (Å²) in [6.07, 6.45) is 3.28. The highest BCUT2D eigenvalue weighted by Crippen LogP contribution is 2.12. The highest BCUT2D eigenvalue weighted by atomic mass is 32.2. The van der Waals surface area contributed by atoms with E-state index in [4.69, 9.17) is 0 Å². The normalized spacial score (nSPS) is 18.0. The Morgan fingerprint density at radius 3 is 2.28 bits per heavy atom. The minimum absolute atomic E-state index is 0.0331. The number of carbonyl (C=O) groups excluding carboxylic acids is 1. The Kier molecular flexibility index (Phi) is 6.98. The van der Waals surface area contributed by atoms with E-state index >= 15 is 0 Å². The van der Waals surface area contributed by atoms with Gasteiger partial charge in [-0.25, -0.2) is 8.42 Å². The van der Waals surface area contributed by atoms with Gasteiger partial charge >= 0.3 is 0 Å². The molecule has 1 N–H and O–H groups in total. The van der Waals surface area contributed by atoms with Gasteiger partial charge in [0.2, 0.25) is 10.0 Å². The zero-order chi connectivity index (χ0) is 18.4. The molecule has 25 heavy (non-hydrogen) atoms. The molecule has 1 unspecified atom stereocenters. The number of nitrogens with zero attached hydrogens (tertiary/aromatic N) is 2. The van der Waals surface area contributed by atoms with Crippen LogP contribution in [0, 0.1) is 0 Å². The Morgan fingerprint density at radius 1 is 1.16 bits per heavy atom. The van der Waals surface area contributed by atoms with E-state index in [1.54, 1.807) is 0 Å². The van der Waals surface area contributed by atoms with E-state index in [0.29, 0.717) is 18.7 Å². The van der Waals surface area contributed by atoms with E-state index < -0.39 is 10.0 Å². The second-order valence-corrected chi connectivity index (χ2v) is 8.78. The lowest BCUT2D eigenvalue weighted by Gasteiger charge is -2.33. The molecule has 1 aromatic rings. The molecule has 0 radical (unpaired) electrons. The van der Waals surface area contributed by atoms with Crippen molar-refractivity contribution in [3.63, 3.8) is 0 Å². The third-order valence-corrected chi connectivity index (χ3v) is 5.82. The van der Waals surface area contributed by atoms with Crippen LogP contribution in [-0.4, -0.2) is 62.0 Å². The maximum absolute atomic E-state index is 12.2. The van der Waals surface area contributed by atoms with E-state index in [2.05, 4.69) is 17.1 Å². The van der Waals surface area contributed by atoms with Gasteiger partial charge in [-0.3, -0.25) is 9.69 Å². The molecule has 140 valence electrons. The second-order valence-electron chi connectivity index (χ2n) is 6.80. The average Bonchev–Trinajstić information content (AvgIpc) is 2.55. The Bertz CT molecular complexity index is 665. The van der Waals surface area contributed by atoms with Crippen molar-refractivity contribution < 1.29 is 13.2 Å². The fraction of sp³-hybridized carbons (Fsp3) is 0.611. The summed E-state index contributed by atoms with van der Waals surface area (Å²) in [5, 5.41) is 3.01. The number of hydrogen-bond donors (Lipinski definition) is 1. The smallest absolute Gasteiger partial charge is 0.251 e. The monoisotopic (exact) mass is 367 g/mol. The predicted molar refractivity (Wildman–Crippen MR) is 100.0 cm³/mol. The molecule has 1 amide bonds. The van der Waals surface area contributed by atoms with Crippen LogP contribution < -0.4 is 5.32 Å². The molecule has 6 nitrogen and oxygen atoms in total. The summed E-state index contributed by atoms with van der Waals surface area (Å²) in [6.45, 7) is 7.42. The van der Waals surface area contributed by atoms with Crippen molar-refractivity contribution in [2.75, 3.05) is 32.4 Å². The van der Waals surface area contributed by atoms with Crippen LogP contribution in [0.1, 0.15) is 42.6 Å². The molecule has 1 fully saturated rings. The third-order valence-electron chi connectivity index (χ3n) is 4.52. The van der Waals surface area contributed by atoms with Gasteiger partial charge in [0.25, 0.3) is 5.91 Å². The Morgan fingerprint density at radius 2 is 1.76 bits per heavy atom. The molecule has 0 aliphatic carbocycles. The number of nitrogens with one attached hydrogen (secondary N) is 1. The molecular weight excluding hydrogens is 338 g/mol. The van der Waals surface area contributed by atoms with Crippen molar-refractivity contribution in [2.45, 2.75) is 39.3 Å². The van der Waals surface area contributed by atoms with Gasteiger partial charge in [0.05, 0.1) is 6.26 Å². The number of rotatable bonds is 7. The average molecular weight is 368 g/mol. The van der Waals surface area contributed by atoms with Gasteiger partial charge in [0.1, 0.15) is 0 Å². The van der Waals surface area contributed by atoms with Crippen molar-refractivity contribution in [1.29, 1.82) is 0 Å². The lowest BCUT2D eigenvalue weighted by Crippen LogP contribution is -2.47. The Labute approximate surface area is 151 Å². The van der Waals surface area contributed by atoms with Crippen molar-refractivity contribution in [2.24, 2.45) is 0 Å². The summed E-state index contributed by atoms with van der Waals surface area (Å²) >= 11 is 0. The zero-order valence-electron chi connectivity index (χ0n) is 15.4. The van der Waals surface area contributed by atoms with E-state index in [1.165, 1.54) is 10.6 Å². The summed E-state index contributed by atoms with van der Waals surface area (Å²) < 4.78 is 24.6. The molecule has 1 atom stereocenters. The Balaban J connectivity index is 1.86. The first-order valence-electron chi connectivity index (χ1n) is 8.87. The number of sulfonamides is 1. The van der Waals surface area contributed by atoms with Gasteiger partial charge in [-0.05, 0) is 31.0 Å². The van der Waals surface area contributed by atoms with Gasteiger partial charge in [-0.1, -0.05) is 25.5 Å². The zero-order valence-corrected chi connectivity index (χ0v) is 16.2. The first kappa shape index (κ1) is 19.9. The summed E-state index contributed by atoms with van der Waals surface area (Å²) in [7, 11) is -3.09. The fourth-order valence-electron chi connectivity index (χ4n) is 3.05. The first-order chi connectivity index (χ1) is 11.8. The number of amides is 1. The van der Waals surface area contributed by atoms with Gasteiger partial charge in [0.15, 0.2) is 0 Å². The molecule has 0 bridgehead atoms. The van der Waals surface area contributed by atoms with Crippen LogP contribution >= 0.6 is 0 Å². The SMILES string of the molecule is CCCC(C)NC(=O)c1ccc(CN2CCN(S(C)(=O)=O)CC2)cc1. The van der Waals surface area contributed by atoms with Crippen LogP contribution in [0.4, 0.5) is 0 Å². The summed E-state index contributed by atoms with van der Waals surface area (Å²) in [4.78, 5) is 14.4.